The highest BCUT2D eigenvalue weighted by molar-refractivity contribution is 5.94. The molecule has 2 atom stereocenters. The Morgan fingerprint density at radius 3 is 2.16 bits per heavy atom. The number of hydrogen-bond donors (Lipinski definition) is 0. The zero-order chi connectivity index (χ0) is 17.6. The molecule has 1 saturated heterocycles. The normalized spacial score (nSPS) is 21.0. The third kappa shape index (κ3) is 4.91. The summed E-state index contributed by atoms with van der Waals surface area (Å²) < 4.78 is 5.77. The van der Waals surface area contributed by atoms with Gasteiger partial charge in [0.25, 0.3) is 0 Å². The molecule has 2 aromatic carbocycles. The molecule has 2 aromatic rings. The first-order chi connectivity index (χ1) is 12.1. The molecule has 0 bridgehead atoms. The third-order valence-corrected chi connectivity index (χ3v) is 4.41. The summed E-state index contributed by atoms with van der Waals surface area (Å²) in [6.45, 7) is 6.71. The van der Waals surface area contributed by atoms with Gasteiger partial charge < -0.3 is 9.64 Å². The highest BCUT2D eigenvalue weighted by Gasteiger charge is 2.26. The van der Waals surface area contributed by atoms with E-state index < -0.39 is 0 Å². The topological polar surface area (TPSA) is 32.8 Å². The average Bonchev–Trinajstić information content (AvgIpc) is 2.60. The summed E-state index contributed by atoms with van der Waals surface area (Å²) in [5, 5.41) is 0. The number of morpholine rings is 1. The molecule has 4 heteroatoms. The van der Waals surface area contributed by atoms with E-state index in [0.717, 1.165) is 24.3 Å². The zero-order valence-corrected chi connectivity index (χ0v) is 15.0. The standard InChI is InChI=1S/C21H26N2O2/c1-17-13-22(14-18(2)25-17)16-21(24)23(20-11-7-4-8-12-20)15-19-9-5-3-6-10-19/h3-12,17-18H,13-16H2,1-2H3. The number of rotatable bonds is 5. The van der Waals surface area contributed by atoms with Crippen LogP contribution in [0.2, 0.25) is 0 Å². The fourth-order valence-corrected chi connectivity index (χ4v) is 3.39. The Labute approximate surface area is 150 Å². The van der Waals surface area contributed by atoms with Crippen molar-refractivity contribution in [2.24, 2.45) is 0 Å². The number of ether oxygens (including phenoxy) is 1. The molecule has 0 spiro atoms. The average molecular weight is 338 g/mol. The van der Waals surface area contributed by atoms with E-state index in [1.54, 1.807) is 0 Å². The van der Waals surface area contributed by atoms with Gasteiger partial charge in [0.05, 0.1) is 25.3 Å². The van der Waals surface area contributed by atoms with Crippen molar-refractivity contribution < 1.29 is 9.53 Å². The Balaban J connectivity index is 1.75. The molecule has 3 rings (SSSR count). The van der Waals surface area contributed by atoms with Crippen molar-refractivity contribution >= 4 is 11.6 Å². The first-order valence-corrected chi connectivity index (χ1v) is 8.89. The maximum Gasteiger partial charge on any atom is 0.241 e. The lowest BCUT2D eigenvalue weighted by atomic mass is 10.2. The lowest BCUT2D eigenvalue weighted by Gasteiger charge is -2.36. The third-order valence-electron chi connectivity index (χ3n) is 4.41. The molecule has 0 aliphatic carbocycles. The maximum atomic E-state index is 13.1. The summed E-state index contributed by atoms with van der Waals surface area (Å²) in [5.41, 5.74) is 2.06. The van der Waals surface area contributed by atoms with E-state index >= 15 is 0 Å². The van der Waals surface area contributed by atoms with Crippen molar-refractivity contribution in [1.82, 2.24) is 4.90 Å². The Hall–Kier alpha value is -2.17. The maximum absolute atomic E-state index is 13.1. The van der Waals surface area contributed by atoms with Gasteiger partial charge in [-0.1, -0.05) is 48.5 Å². The second kappa shape index (κ2) is 8.28. The van der Waals surface area contributed by atoms with Gasteiger partial charge in [-0.15, -0.1) is 0 Å². The summed E-state index contributed by atoms with van der Waals surface area (Å²) in [6.07, 6.45) is 0.326. The summed E-state index contributed by atoms with van der Waals surface area (Å²) >= 11 is 0. The van der Waals surface area contributed by atoms with Crippen molar-refractivity contribution in [3.05, 3.63) is 66.2 Å². The van der Waals surface area contributed by atoms with Gasteiger partial charge in [0.15, 0.2) is 0 Å². The van der Waals surface area contributed by atoms with Crippen LogP contribution < -0.4 is 4.90 Å². The molecule has 1 aliphatic heterocycles. The van der Waals surface area contributed by atoms with Crippen LogP contribution in [-0.4, -0.2) is 42.6 Å². The van der Waals surface area contributed by atoms with Crippen molar-refractivity contribution in [2.75, 3.05) is 24.5 Å². The van der Waals surface area contributed by atoms with Crippen LogP contribution in [0.15, 0.2) is 60.7 Å². The predicted octanol–water partition coefficient (Wildman–Crippen LogP) is 3.33. The first-order valence-electron chi connectivity index (χ1n) is 8.89. The van der Waals surface area contributed by atoms with Gasteiger partial charge in [-0.3, -0.25) is 9.69 Å². The van der Waals surface area contributed by atoms with Crippen LogP contribution in [0, 0.1) is 0 Å². The molecule has 4 nitrogen and oxygen atoms in total. The largest absolute Gasteiger partial charge is 0.373 e. The Morgan fingerprint density at radius 2 is 1.56 bits per heavy atom. The number of amides is 1. The monoisotopic (exact) mass is 338 g/mol. The lowest BCUT2D eigenvalue weighted by Crippen LogP contribution is -2.49. The molecule has 2 unspecified atom stereocenters. The molecular weight excluding hydrogens is 312 g/mol. The summed E-state index contributed by atoms with van der Waals surface area (Å²) in [5.74, 6) is 0.122. The molecule has 132 valence electrons. The molecule has 0 saturated carbocycles. The molecule has 0 N–H and O–H groups in total. The quantitative estimate of drug-likeness (QED) is 0.838. The van der Waals surface area contributed by atoms with Crippen LogP contribution in [-0.2, 0) is 16.1 Å². The molecular formula is C21H26N2O2. The molecule has 1 aliphatic rings. The van der Waals surface area contributed by atoms with Gasteiger partial charge in [0.2, 0.25) is 5.91 Å². The SMILES string of the molecule is CC1CN(CC(=O)N(Cc2ccccc2)c2ccccc2)CC(C)O1. The van der Waals surface area contributed by atoms with Gasteiger partial charge in [-0.2, -0.15) is 0 Å². The molecule has 1 heterocycles. The number of hydrogen-bond acceptors (Lipinski definition) is 3. The van der Waals surface area contributed by atoms with E-state index in [9.17, 15) is 4.79 Å². The highest BCUT2D eigenvalue weighted by Crippen LogP contribution is 2.18. The minimum absolute atomic E-state index is 0.122. The fraction of sp³-hybridized carbons (Fsp3) is 0.381. The zero-order valence-electron chi connectivity index (χ0n) is 15.0. The van der Waals surface area contributed by atoms with E-state index in [1.165, 1.54) is 0 Å². The number of carbonyl (C=O) groups excluding carboxylic acids is 1. The number of anilines is 1. The number of benzene rings is 2. The van der Waals surface area contributed by atoms with Crippen LogP contribution in [0.4, 0.5) is 5.69 Å². The Morgan fingerprint density at radius 1 is 1.00 bits per heavy atom. The molecule has 1 amide bonds. The van der Waals surface area contributed by atoms with E-state index in [2.05, 4.69) is 30.9 Å². The van der Waals surface area contributed by atoms with Crippen LogP contribution in [0.5, 0.6) is 0 Å². The fourth-order valence-electron chi connectivity index (χ4n) is 3.39. The van der Waals surface area contributed by atoms with E-state index in [-0.39, 0.29) is 18.1 Å². The van der Waals surface area contributed by atoms with Crippen molar-refractivity contribution in [3.63, 3.8) is 0 Å². The van der Waals surface area contributed by atoms with E-state index in [0.29, 0.717) is 13.1 Å². The Bertz CT molecular complexity index is 665. The molecule has 0 aromatic heterocycles. The Kier molecular flexibility index (Phi) is 5.84. The second-order valence-electron chi connectivity index (χ2n) is 6.75. The van der Waals surface area contributed by atoms with Gasteiger partial charge in [-0.05, 0) is 31.5 Å². The summed E-state index contributed by atoms with van der Waals surface area (Å²) in [7, 11) is 0. The number of carbonyl (C=O) groups is 1. The van der Waals surface area contributed by atoms with Gasteiger partial charge >= 0.3 is 0 Å². The van der Waals surface area contributed by atoms with Gasteiger partial charge in [-0.25, -0.2) is 0 Å². The molecule has 1 fully saturated rings. The molecule has 0 radical (unpaired) electrons. The lowest BCUT2D eigenvalue weighted by molar-refractivity contribution is -0.123. The summed E-state index contributed by atoms with van der Waals surface area (Å²) in [4.78, 5) is 17.1. The highest BCUT2D eigenvalue weighted by atomic mass is 16.5. The minimum Gasteiger partial charge on any atom is -0.373 e. The smallest absolute Gasteiger partial charge is 0.241 e. The minimum atomic E-state index is 0.122. The predicted molar refractivity (Wildman–Crippen MR) is 101 cm³/mol. The number of nitrogens with zero attached hydrogens (tertiary/aromatic N) is 2. The van der Waals surface area contributed by atoms with Crippen LogP contribution >= 0.6 is 0 Å². The van der Waals surface area contributed by atoms with Crippen molar-refractivity contribution in [3.8, 4) is 0 Å². The first kappa shape index (κ1) is 17.6. The van der Waals surface area contributed by atoms with Gasteiger partial charge in [0.1, 0.15) is 0 Å². The second-order valence-corrected chi connectivity index (χ2v) is 6.75. The van der Waals surface area contributed by atoms with Crippen molar-refractivity contribution in [2.45, 2.75) is 32.6 Å². The number of para-hydroxylation sites is 1. The van der Waals surface area contributed by atoms with E-state index in [4.69, 9.17) is 4.74 Å². The van der Waals surface area contributed by atoms with Crippen molar-refractivity contribution in [1.29, 1.82) is 0 Å². The van der Waals surface area contributed by atoms with Crippen LogP contribution in [0.1, 0.15) is 19.4 Å². The van der Waals surface area contributed by atoms with Crippen LogP contribution in [0.3, 0.4) is 0 Å². The van der Waals surface area contributed by atoms with E-state index in [1.807, 2.05) is 53.4 Å². The van der Waals surface area contributed by atoms with Gasteiger partial charge in [0, 0.05) is 18.8 Å². The summed E-state index contributed by atoms with van der Waals surface area (Å²) in [6, 6.07) is 20.0. The van der Waals surface area contributed by atoms with Crippen LogP contribution in [0.25, 0.3) is 0 Å². The molecule has 25 heavy (non-hydrogen) atoms.